The highest BCUT2D eigenvalue weighted by Gasteiger charge is 2.30. The Hall–Kier alpha value is -4.67. The van der Waals surface area contributed by atoms with Crippen LogP contribution in [0.3, 0.4) is 0 Å². The average molecular weight is 1110 g/mol. The molecule has 1 unspecified atom stereocenters. The van der Waals surface area contributed by atoms with E-state index >= 15 is 0 Å². The number of rotatable bonds is 24. The first-order valence-corrected chi connectivity index (χ1v) is 25.8. The predicted molar refractivity (Wildman–Crippen MR) is 287 cm³/mol. The highest BCUT2D eigenvalue weighted by atomic mass is 79.9. The molecule has 0 saturated heterocycles. The largest absolute Gasteiger partial charge is 1.00 e. The molecule has 0 aliphatic rings. The van der Waals surface area contributed by atoms with Crippen molar-refractivity contribution >= 4 is 41.6 Å². The number of aliphatic carboxylic acids is 1. The lowest BCUT2D eigenvalue weighted by atomic mass is 9.91. The molecule has 16 heteroatoms. The number of carboxylic acids is 1. The summed E-state index contributed by atoms with van der Waals surface area (Å²) >= 11 is 0. The number of esters is 5. The van der Waals surface area contributed by atoms with Crippen molar-refractivity contribution in [2.45, 2.75) is 182 Å². The molecule has 2 N–H and O–H groups in total. The van der Waals surface area contributed by atoms with Gasteiger partial charge in [0.15, 0.2) is 5.78 Å². The molecule has 2 aromatic rings. The number of aliphatic hydroxyl groups is 1. The summed E-state index contributed by atoms with van der Waals surface area (Å²) in [6.45, 7) is 35.8. The van der Waals surface area contributed by atoms with Crippen molar-refractivity contribution in [3.8, 4) is 0 Å². The van der Waals surface area contributed by atoms with Gasteiger partial charge in [0.05, 0.1) is 66.9 Å². The summed E-state index contributed by atoms with van der Waals surface area (Å²) in [5.41, 5.74) is 0.947. The lowest BCUT2D eigenvalue weighted by molar-refractivity contribution is -0.903. The Balaban J connectivity index is -0.000000444. The summed E-state index contributed by atoms with van der Waals surface area (Å²) in [6.07, 6.45) is 3.71. The van der Waals surface area contributed by atoms with Gasteiger partial charge in [-0.2, -0.15) is 0 Å². The van der Waals surface area contributed by atoms with Crippen LogP contribution in [0.5, 0.6) is 0 Å². The molecule has 0 saturated carbocycles. The van der Waals surface area contributed by atoms with Gasteiger partial charge in [-0.25, -0.2) is 0 Å². The second-order valence-electron chi connectivity index (χ2n) is 21.7. The van der Waals surface area contributed by atoms with Crippen molar-refractivity contribution in [3.63, 3.8) is 0 Å². The number of hydrogen-bond acceptors (Lipinski definition) is 13. The number of benzene rings is 2. The molecular weight excluding hydrogens is 1010 g/mol. The maximum absolute atomic E-state index is 12.5. The molecule has 426 valence electrons. The first-order chi connectivity index (χ1) is 33.6. The molecule has 2 rings (SSSR count). The summed E-state index contributed by atoms with van der Waals surface area (Å²) in [5.74, 6) is -1.87. The average Bonchev–Trinajstić information content (AvgIpc) is 3.33. The fraction of sp³-hybridized carbons (Fsp3) is 0.672. The van der Waals surface area contributed by atoms with Crippen molar-refractivity contribution in [1.29, 1.82) is 0 Å². The predicted octanol–water partition coefficient (Wildman–Crippen LogP) is 8.23. The minimum absolute atomic E-state index is 0. The SMILES string of the molecule is CCC(C)(C)C(=O)OC(C)C.CCC(C)(C)C(=O)OC(C)C.CCC(C)(C)C(=O)OCCC(=O)O.CCC(C)(C)C(=O)OCCO.CCC(C)C(=O)OCC[N+](C)(C)Cc1ccc(C(=O)c2ccccc2)cc1.[Br-]. The fourth-order valence-corrected chi connectivity index (χ4v) is 4.88. The zero-order valence-corrected chi connectivity index (χ0v) is 50.6. The number of likely N-dealkylation sites (N-methyl/N-ethyl adjacent to an activating group) is 1. The van der Waals surface area contributed by atoms with Gasteiger partial charge in [-0.1, -0.05) is 96.1 Å². The first kappa shape index (κ1) is 75.8. The molecule has 0 heterocycles. The van der Waals surface area contributed by atoms with Crippen LogP contribution in [0.15, 0.2) is 54.6 Å². The Morgan fingerprint density at radius 1 is 0.541 bits per heavy atom. The number of halogens is 1. The second-order valence-corrected chi connectivity index (χ2v) is 21.7. The van der Waals surface area contributed by atoms with Gasteiger partial charge >= 0.3 is 35.8 Å². The fourth-order valence-electron chi connectivity index (χ4n) is 4.88. The van der Waals surface area contributed by atoms with Crippen LogP contribution in [0.2, 0.25) is 0 Å². The first-order valence-electron chi connectivity index (χ1n) is 25.8. The summed E-state index contributed by atoms with van der Waals surface area (Å²) in [4.78, 5) is 79.3. The van der Waals surface area contributed by atoms with E-state index in [9.17, 15) is 33.6 Å². The van der Waals surface area contributed by atoms with Gasteiger partial charge in [0, 0.05) is 16.7 Å². The van der Waals surface area contributed by atoms with Gasteiger partial charge in [0.1, 0.15) is 32.9 Å². The molecule has 15 nitrogen and oxygen atoms in total. The Morgan fingerprint density at radius 2 is 0.919 bits per heavy atom. The number of hydrogen-bond donors (Lipinski definition) is 2. The van der Waals surface area contributed by atoms with Crippen LogP contribution >= 0.6 is 0 Å². The van der Waals surface area contributed by atoms with Crippen molar-refractivity contribution in [2.24, 2.45) is 27.6 Å². The Morgan fingerprint density at radius 3 is 1.27 bits per heavy atom. The quantitative estimate of drug-likeness (QED) is 0.0440. The Labute approximate surface area is 456 Å². The molecule has 0 spiro atoms. The van der Waals surface area contributed by atoms with Crippen LogP contribution in [-0.2, 0) is 59.0 Å². The normalized spacial score (nSPS) is 11.7. The topological polar surface area (TPSA) is 206 Å². The highest BCUT2D eigenvalue weighted by molar-refractivity contribution is 6.08. The van der Waals surface area contributed by atoms with Gasteiger partial charge < -0.3 is 55.4 Å². The molecule has 0 radical (unpaired) electrons. The summed E-state index contributed by atoms with van der Waals surface area (Å²) in [6, 6.07) is 17.1. The number of ether oxygens (including phenoxy) is 5. The van der Waals surface area contributed by atoms with Crippen LogP contribution in [-0.4, -0.2) is 116 Å². The third-order valence-corrected chi connectivity index (χ3v) is 12.1. The molecule has 0 aliphatic carbocycles. The van der Waals surface area contributed by atoms with Gasteiger partial charge in [-0.05, 0) is 115 Å². The number of carbonyl (C=O) groups excluding carboxylic acids is 6. The molecule has 0 fully saturated rings. The van der Waals surface area contributed by atoms with Crippen LogP contribution in [0.25, 0.3) is 0 Å². The van der Waals surface area contributed by atoms with Crippen molar-refractivity contribution < 1.29 is 88.9 Å². The van der Waals surface area contributed by atoms with Gasteiger partial charge in [0.2, 0.25) is 0 Å². The van der Waals surface area contributed by atoms with Crippen molar-refractivity contribution in [1.82, 2.24) is 0 Å². The van der Waals surface area contributed by atoms with E-state index in [1.807, 2.05) is 165 Å². The number of carbonyl (C=O) groups is 7. The van der Waals surface area contributed by atoms with Crippen molar-refractivity contribution in [2.75, 3.05) is 47.1 Å². The smallest absolute Gasteiger partial charge is 0.311 e. The van der Waals surface area contributed by atoms with E-state index < -0.39 is 16.8 Å². The van der Waals surface area contributed by atoms with Gasteiger partial charge in [0.25, 0.3) is 0 Å². The summed E-state index contributed by atoms with van der Waals surface area (Å²) < 4.78 is 25.8. The monoisotopic (exact) mass is 1110 g/mol. The third kappa shape index (κ3) is 34.0. The standard InChI is InChI=1S/C23H30NO3.C9H16O4.2C9H18O2.C8H16O3.BrH/c1-5-18(2)23(26)27-16-15-24(3,4)17-19-11-13-21(14-12-19)22(25)20-9-7-6-8-10-20;1-4-9(2,3)8(12)13-6-5-7(10)11;2*1-6-9(4,5)8(10)11-7(2)3;1-4-8(2,3)7(10)11-6-5-9;/h6-14,18H,5,15-17H2,1-4H3;4-6H2,1-3H3,(H,10,11);2*7H,6H2,1-5H3;9H,4-6H2,1-3H3;1H/q+1;;;;;/p-1. The van der Waals surface area contributed by atoms with E-state index in [1.165, 1.54) is 0 Å². The number of quaternary nitrogens is 1. The highest BCUT2D eigenvalue weighted by Crippen LogP contribution is 2.24. The van der Waals surface area contributed by atoms with Crippen molar-refractivity contribution in [3.05, 3.63) is 71.3 Å². The lowest BCUT2D eigenvalue weighted by Gasteiger charge is -2.29. The molecule has 0 amide bonds. The van der Waals surface area contributed by atoms with Crippen LogP contribution < -0.4 is 17.0 Å². The number of nitrogens with zero attached hydrogens (tertiary/aromatic N) is 1. The Bertz CT molecular complexity index is 1890. The summed E-state index contributed by atoms with van der Waals surface area (Å²) in [7, 11) is 4.22. The maximum Gasteiger partial charge on any atom is 0.311 e. The molecule has 74 heavy (non-hydrogen) atoms. The number of ketones is 1. The van der Waals surface area contributed by atoms with Crippen LogP contribution in [0.1, 0.15) is 185 Å². The van der Waals surface area contributed by atoms with E-state index in [-0.39, 0.29) is 108 Å². The number of carboxylic acid groups (broad SMARTS) is 1. The van der Waals surface area contributed by atoms with Crippen LogP contribution in [0, 0.1) is 27.6 Å². The summed E-state index contributed by atoms with van der Waals surface area (Å²) in [5, 5.41) is 16.7. The van der Waals surface area contributed by atoms with Crippen LogP contribution in [0.4, 0.5) is 0 Å². The van der Waals surface area contributed by atoms with E-state index in [2.05, 4.69) is 14.1 Å². The van der Waals surface area contributed by atoms with E-state index in [0.29, 0.717) is 28.6 Å². The lowest BCUT2D eigenvalue weighted by Crippen LogP contribution is -3.00. The van der Waals surface area contributed by atoms with E-state index in [0.717, 1.165) is 44.3 Å². The molecule has 1 atom stereocenters. The molecule has 2 aromatic carbocycles. The molecule has 0 aromatic heterocycles. The van der Waals surface area contributed by atoms with Gasteiger partial charge in [-0.3, -0.25) is 33.6 Å². The second kappa shape index (κ2) is 38.0. The Kier molecular flexibility index (Phi) is 38.9. The third-order valence-electron chi connectivity index (χ3n) is 12.1. The molecule has 0 bridgehead atoms. The molecular formula is C58H98BrNO14. The van der Waals surface area contributed by atoms with E-state index in [4.69, 9.17) is 33.9 Å². The minimum Gasteiger partial charge on any atom is -1.00 e. The maximum atomic E-state index is 12.5. The van der Waals surface area contributed by atoms with Gasteiger partial charge in [-0.15, -0.1) is 0 Å². The number of aliphatic hydroxyl groups excluding tert-OH is 1. The molecule has 0 aliphatic heterocycles. The zero-order valence-electron chi connectivity index (χ0n) is 49.0. The zero-order chi connectivity index (χ0) is 57.4. The van der Waals surface area contributed by atoms with E-state index in [1.54, 1.807) is 13.8 Å². The minimum atomic E-state index is -0.956.